The van der Waals surface area contributed by atoms with Crippen LogP contribution in [-0.4, -0.2) is 24.4 Å². The quantitative estimate of drug-likeness (QED) is 0.213. The highest BCUT2D eigenvalue weighted by atomic mass is 31.3. The second-order valence-corrected chi connectivity index (χ2v) is 20.7. The summed E-state index contributed by atoms with van der Waals surface area (Å²) in [6.45, 7) is 26.3. The maximum absolute atomic E-state index is 15.2. The summed E-state index contributed by atoms with van der Waals surface area (Å²) in [5.74, 6) is 3.50. The Morgan fingerprint density at radius 2 is 0.489 bits per heavy atom. The molecule has 0 aliphatic heterocycles. The van der Waals surface area contributed by atoms with Crippen LogP contribution in [0.3, 0.4) is 0 Å². The van der Waals surface area contributed by atoms with Gasteiger partial charge in [0.05, 0.1) is 24.4 Å². The van der Waals surface area contributed by atoms with Gasteiger partial charge >= 0.3 is 15.6 Å². The van der Waals surface area contributed by atoms with Crippen molar-refractivity contribution in [2.24, 2.45) is 71.0 Å². The Morgan fingerprint density at radius 1 is 0.333 bits per heavy atom. The van der Waals surface area contributed by atoms with E-state index < -0.39 is 15.6 Å². The molecule has 0 amide bonds. The molecule has 4 saturated carbocycles. The molecule has 264 valence electrons. The van der Waals surface area contributed by atoms with Crippen molar-refractivity contribution in [1.29, 1.82) is 0 Å². The lowest BCUT2D eigenvalue weighted by Gasteiger charge is -2.44. The zero-order valence-electron chi connectivity index (χ0n) is 30.6. The third kappa shape index (κ3) is 9.70. The van der Waals surface area contributed by atoms with Gasteiger partial charge in [-0.3, -0.25) is 18.1 Å². The van der Waals surface area contributed by atoms with Crippen LogP contribution in [0.4, 0.5) is 0 Å². The molecule has 0 radical (unpaired) electrons. The second-order valence-electron chi connectivity index (χ2n) is 17.4. The lowest BCUT2D eigenvalue weighted by molar-refractivity contribution is -0.0532. The Hall–Kier alpha value is 0.260. The summed E-state index contributed by atoms with van der Waals surface area (Å²) in [6.07, 6.45) is 6.41. The maximum Gasteiger partial charge on any atom is 0.484 e. The molecule has 4 aliphatic carbocycles. The van der Waals surface area contributed by atoms with E-state index in [9.17, 15) is 0 Å². The molecule has 8 unspecified atom stereocenters. The first kappa shape index (κ1) is 38.1. The van der Waals surface area contributed by atoms with Gasteiger partial charge in [-0.2, -0.15) is 4.31 Å². The molecule has 0 spiro atoms. The van der Waals surface area contributed by atoms with E-state index in [2.05, 4.69) is 83.1 Å². The molecule has 0 aromatic rings. The van der Waals surface area contributed by atoms with Crippen LogP contribution >= 0.6 is 15.6 Å². The van der Waals surface area contributed by atoms with Gasteiger partial charge in [-0.05, 0) is 122 Å². The minimum atomic E-state index is -4.42. The van der Waals surface area contributed by atoms with Gasteiger partial charge in [-0.25, -0.2) is 9.13 Å². The number of hydrogen-bond acceptors (Lipinski definition) is 7. The van der Waals surface area contributed by atoms with Gasteiger partial charge in [0, 0.05) is 0 Å². The van der Waals surface area contributed by atoms with Crippen LogP contribution in [0.1, 0.15) is 134 Å². The van der Waals surface area contributed by atoms with Gasteiger partial charge in [0.2, 0.25) is 0 Å². The van der Waals surface area contributed by atoms with Crippen LogP contribution in [0.2, 0.25) is 0 Å². The topological polar surface area (TPSA) is 80.3 Å². The highest BCUT2D eigenvalue weighted by Gasteiger charge is 2.52. The molecule has 7 nitrogen and oxygen atoms in total. The Bertz CT molecular complexity index is 854. The first-order valence-electron chi connectivity index (χ1n) is 18.5. The van der Waals surface area contributed by atoms with Crippen LogP contribution in [0.5, 0.6) is 0 Å². The van der Waals surface area contributed by atoms with Crippen molar-refractivity contribution in [2.45, 2.75) is 159 Å². The minimum absolute atomic E-state index is 0.159. The Morgan fingerprint density at radius 3 is 0.644 bits per heavy atom. The van der Waals surface area contributed by atoms with Crippen LogP contribution in [0, 0.1) is 71.0 Å². The van der Waals surface area contributed by atoms with Gasteiger partial charge in [0.15, 0.2) is 0 Å². The Balaban J connectivity index is 1.71. The fourth-order valence-corrected chi connectivity index (χ4v) is 15.0. The standard InChI is InChI=1S/C36H68O7P2/c1-21-13-25(5)33(26(6)14-21)39-44(37,40-34-27(7)15-22(2)16-28(34)8)43-45(38,41-35-29(9)17-23(3)18-30(35)10)42-36-31(11)19-24(4)20-32(36)12/h21-36H,13-20H2,1-12H3. The summed E-state index contributed by atoms with van der Waals surface area (Å²) < 4.78 is 63.1. The molecule has 0 N–H and O–H groups in total. The van der Waals surface area contributed by atoms with E-state index in [0.29, 0.717) is 23.7 Å². The van der Waals surface area contributed by atoms with E-state index in [-0.39, 0.29) is 71.8 Å². The molecule has 8 atom stereocenters. The highest BCUT2D eigenvalue weighted by molar-refractivity contribution is 7.62. The second kappa shape index (κ2) is 15.4. The van der Waals surface area contributed by atoms with E-state index >= 15 is 9.13 Å². The fourth-order valence-electron chi connectivity index (χ4n) is 10.5. The molecule has 0 aromatic carbocycles. The third-order valence-electron chi connectivity index (χ3n) is 11.9. The normalized spacial score (nSPS) is 49.2. The fraction of sp³-hybridized carbons (Fsp3) is 1.00. The third-order valence-corrected chi connectivity index (χ3v) is 15.5. The van der Waals surface area contributed by atoms with Crippen LogP contribution < -0.4 is 0 Å². The first-order chi connectivity index (χ1) is 20.9. The summed E-state index contributed by atoms with van der Waals surface area (Å²) >= 11 is 0. The largest absolute Gasteiger partial charge is 0.484 e. The monoisotopic (exact) mass is 674 g/mol. The van der Waals surface area contributed by atoms with Crippen LogP contribution in [-0.2, 0) is 31.5 Å². The van der Waals surface area contributed by atoms with Crippen molar-refractivity contribution < 1.29 is 31.5 Å². The summed E-state index contributed by atoms with van der Waals surface area (Å²) in [6, 6.07) is 0. The van der Waals surface area contributed by atoms with Crippen molar-refractivity contribution >= 4 is 15.6 Å². The van der Waals surface area contributed by atoms with Crippen molar-refractivity contribution in [1.82, 2.24) is 0 Å². The predicted octanol–water partition coefficient (Wildman–Crippen LogP) is 11.6. The van der Waals surface area contributed by atoms with Crippen molar-refractivity contribution in [3.63, 3.8) is 0 Å². The summed E-state index contributed by atoms with van der Waals surface area (Å²) in [4.78, 5) is 0. The molecule has 9 heteroatoms. The lowest BCUT2D eigenvalue weighted by Crippen LogP contribution is -2.39. The zero-order valence-corrected chi connectivity index (χ0v) is 32.4. The average Bonchev–Trinajstić information content (AvgIpc) is 2.88. The van der Waals surface area contributed by atoms with E-state index in [0.717, 1.165) is 51.4 Å². The van der Waals surface area contributed by atoms with E-state index in [1.165, 1.54) is 0 Å². The summed E-state index contributed by atoms with van der Waals surface area (Å²) in [5, 5.41) is 0. The lowest BCUT2D eigenvalue weighted by atomic mass is 9.75. The molecule has 0 saturated heterocycles. The van der Waals surface area contributed by atoms with Crippen LogP contribution in [0.15, 0.2) is 0 Å². The van der Waals surface area contributed by atoms with Crippen molar-refractivity contribution in [3.8, 4) is 0 Å². The molecule has 45 heavy (non-hydrogen) atoms. The van der Waals surface area contributed by atoms with Crippen molar-refractivity contribution in [3.05, 3.63) is 0 Å². The van der Waals surface area contributed by atoms with Gasteiger partial charge in [0.25, 0.3) is 0 Å². The minimum Gasteiger partial charge on any atom is -0.283 e. The summed E-state index contributed by atoms with van der Waals surface area (Å²) in [7, 11) is -8.84. The smallest absolute Gasteiger partial charge is 0.283 e. The number of hydrogen-bond donors (Lipinski definition) is 0. The molecular formula is C36H68O7P2. The van der Waals surface area contributed by atoms with Gasteiger partial charge in [-0.1, -0.05) is 83.1 Å². The molecule has 4 rings (SSSR count). The maximum atomic E-state index is 15.2. The molecule has 4 aliphatic rings. The Kier molecular flexibility index (Phi) is 13.1. The van der Waals surface area contributed by atoms with Gasteiger partial charge in [0.1, 0.15) is 0 Å². The molecule has 4 fully saturated rings. The average molecular weight is 675 g/mol. The first-order valence-corrected chi connectivity index (χ1v) is 21.5. The van der Waals surface area contributed by atoms with E-state index in [4.69, 9.17) is 22.4 Å². The van der Waals surface area contributed by atoms with Gasteiger partial charge < -0.3 is 0 Å². The molecular weight excluding hydrogens is 606 g/mol. The predicted molar refractivity (Wildman–Crippen MR) is 183 cm³/mol. The molecule has 0 aromatic heterocycles. The zero-order chi connectivity index (χ0) is 33.4. The SMILES string of the molecule is CC1CC(C)C(OP(=O)(OC2C(C)CC(C)CC2C)OP(=O)(OC2C(C)CC(C)CC2C)OC2C(C)CC(C)CC2C)C(C)C1. The number of phosphoric acid groups is 2. The molecule has 0 bridgehead atoms. The van der Waals surface area contributed by atoms with Crippen LogP contribution in [0.25, 0.3) is 0 Å². The van der Waals surface area contributed by atoms with E-state index in [1.807, 2.05) is 0 Å². The van der Waals surface area contributed by atoms with E-state index in [1.54, 1.807) is 0 Å². The highest BCUT2D eigenvalue weighted by Crippen LogP contribution is 2.70. The Labute approximate surface area is 276 Å². The molecule has 0 heterocycles. The summed E-state index contributed by atoms with van der Waals surface area (Å²) in [5.41, 5.74) is 0. The number of rotatable bonds is 10. The van der Waals surface area contributed by atoms with Gasteiger partial charge in [-0.15, -0.1) is 0 Å². The number of phosphoric ester groups is 2. The van der Waals surface area contributed by atoms with Crippen molar-refractivity contribution in [2.75, 3.05) is 0 Å².